The van der Waals surface area contributed by atoms with Gasteiger partial charge in [-0.2, -0.15) is 0 Å². The average Bonchev–Trinajstić information content (AvgIpc) is 3.66. The van der Waals surface area contributed by atoms with Crippen LogP contribution in [0.25, 0.3) is 0 Å². The summed E-state index contributed by atoms with van der Waals surface area (Å²) >= 11 is 0. The first kappa shape index (κ1) is 24.8. The Hall–Kier alpha value is 0.154. The molecular formula is C21H39O7Si2. The van der Waals surface area contributed by atoms with Crippen molar-refractivity contribution in [3.63, 3.8) is 0 Å². The zero-order valence-corrected chi connectivity index (χ0v) is 21.8. The van der Waals surface area contributed by atoms with Gasteiger partial charge in [0.25, 0.3) is 0 Å². The van der Waals surface area contributed by atoms with Gasteiger partial charge in [0.15, 0.2) is 5.04 Å². The zero-order chi connectivity index (χ0) is 22.2. The minimum absolute atomic E-state index is 0.134. The highest BCUT2D eigenvalue weighted by molar-refractivity contribution is 6.61. The average molecular weight is 460 g/mol. The van der Waals surface area contributed by atoms with Gasteiger partial charge >= 0.3 is 0 Å². The molecule has 9 heteroatoms. The summed E-state index contributed by atoms with van der Waals surface area (Å²) in [5.74, 6) is -2.78. The lowest BCUT2D eigenvalue weighted by Crippen LogP contribution is -2.66. The molecule has 0 N–H and O–H groups in total. The molecule has 0 aliphatic carbocycles. The van der Waals surface area contributed by atoms with Crippen molar-refractivity contribution in [2.24, 2.45) is 0 Å². The molecule has 0 spiro atoms. The van der Waals surface area contributed by atoms with E-state index in [1.165, 1.54) is 0 Å². The van der Waals surface area contributed by atoms with Gasteiger partial charge in [-0.05, 0) is 53.1 Å². The van der Waals surface area contributed by atoms with Crippen molar-refractivity contribution in [2.45, 2.75) is 115 Å². The second-order valence-electron chi connectivity index (χ2n) is 8.44. The number of rotatable bonds is 15. The third kappa shape index (κ3) is 3.40. The van der Waals surface area contributed by atoms with E-state index >= 15 is 0 Å². The van der Waals surface area contributed by atoms with Crippen LogP contribution in [0, 0.1) is 0 Å². The van der Waals surface area contributed by atoms with E-state index in [4.69, 9.17) is 32.5 Å². The fraction of sp³-hybridized carbons (Fsp3) is 1.00. The number of hydrogen-bond donors (Lipinski definition) is 0. The maximum Gasteiger partial charge on any atom is 0.220 e. The van der Waals surface area contributed by atoms with Gasteiger partial charge in [0.05, 0.1) is 0 Å². The fourth-order valence-corrected chi connectivity index (χ4v) is 9.41. The molecule has 6 unspecified atom stereocenters. The molecule has 0 aromatic carbocycles. The minimum atomic E-state index is -1.65. The maximum absolute atomic E-state index is 6.55. The summed E-state index contributed by atoms with van der Waals surface area (Å²) in [6.45, 7) is 18.4. The van der Waals surface area contributed by atoms with Crippen LogP contribution in [0.5, 0.6) is 0 Å². The Bertz CT molecular complexity index is 526. The summed E-state index contributed by atoms with van der Waals surface area (Å²) in [7, 11) is -1.32. The van der Waals surface area contributed by atoms with Crippen LogP contribution in [-0.2, 0) is 32.5 Å². The molecule has 3 heterocycles. The minimum Gasteiger partial charge on any atom is -0.456 e. The molecule has 3 fully saturated rings. The van der Waals surface area contributed by atoms with Crippen LogP contribution >= 0.6 is 0 Å². The van der Waals surface area contributed by atoms with Crippen molar-refractivity contribution in [1.29, 1.82) is 0 Å². The SMILES string of the molecule is CCCOC1(C([Si](C)O[Si]C)(C2(OCCC)OC2C)C2(OCCC)OC2C)OC1C. The van der Waals surface area contributed by atoms with Gasteiger partial charge in [0.2, 0.25) is 36.2 Å². The first-order valence-corrected chi connectivity index (χ1v) is 14.7. The molecular weight excluding hydrogens is 420 g/mol. The lowest BCUT2D eigenvalue weighted by atomic mass is 9.82. The van der Waals surface area contributed by atoms with E-state index in [1.807, 2.05) is 6.55 Å². The second kappa shape index (κ2) is 9.19. The van der Waals surface area contributed by atoms with Gasteiger partial charge in [-0.3, -0.25) is 0 Å². The predicted octanol–water partition coefficient (Wildman–Crippen LogP) is 3.66. The predicted molar refractivity (Wildman–Crippen MR) is 116 cm³/mol. The van der Waals surface area contributed by atoms with Crippen molar-refractivity contribution in [1.82, 2.24) is 0 Å². The summed E-state index contributed by atoms with van der Waals surface area (Å²) in [5.41, 5.74) is 0. The van der Waals surface area contributed by atoms with Crippen LogP contribution in [0.4, 0.5) is 0 Å². The molecule has 3 radical (unpaired) electrons. The van der Waals surface area contributed by atoms with E-state index in [0.29, 0.717) is 29.6 Å². The van der Waals surface area contributed by atoms with E-state index in [1.54, 1.807) is 0 Å². The Balaban J connectivity index is 2.20. The van der Waals surface area contributed by atoms with Gasteiger partial charge in [0.1, 0.15) is 18.3 Å². The van der Waals surface area contributed by atoms with E-state index in [0.717, 1.165) is 19.3 Å². The highest BCUT2D eigenvalue weighted by Gasteiger charge is 2.96. The first-order chi connectivity index (χ1) is 14.3. The molecule has 30 heavy (non-hydrogen) atoms. The third-order valence-corrected chi connectivity index (χ3v) is 10.5. The van der Waals surface area contributed by atoms with Crippen molar-refractivity contribution in [3.8, 4) is 0 Å². The fourth-order valence-electron chi connectivity index (χ4n) is 5.10. The molecule has 0 aromatic heterocycles. The normalized spacial score (nSPS) is 41.7. The zero-order valence-electron chi connectivity index (χ0n) is 19.8. The van der Waals surface area contributed by atoms with Crippen molar-refractivity contribution < 1.29 is 32.5 Å². The van der Waals surface area contributed by atoms with Crippen LogP contribution in [0.15, 0.2) is 0 Å². The molecule has 6 atom stereocenters. The Morgan fingerprint density at radius 1 is 0.767 bits per heavy atom. The van der Waals surface area contributed by atoms with Crippen LogP contribution in [0.2, 0.25) is 18.1 Å². The van der Waals surface area contributed by atoms with E-state index < -0.39 is 31.4 Å². The monoisotopic (exact) mass is 459 g/mol. The molecule has 173 valence electrons. The first-order valence-electron chi connectivity index (χ1n) is 11.4. The van der Waals surface area contributed by atoms with Crippen LogP contribution in [0.3, 0.4) is 0 Å². The number of hydrogen-bond acceptors (Lipinski definition) is 7. The Labute approximate surface area is 186 Å². The van der Waals surface area contributed by atoms with Gasteiger partial charge < -0.3 is 32.5 Å². The Kier molecular flexibility index (Phi) is 7.59. The van der Waals surface area contributed by atoms with Crippen LogP contribution in [-0.4, -0.2) is 74.3 Å². The molecule has 0 saturated carbocycles. The highest BCUT2D eigenvalue weighted by atomic mass is 28.3. The molecule has 0 aromatic rings. The summed E-state index contributed by atoms with van der Waals surface area (Å²) in [4.78, 5) is 0. The van der Waals surface area contributed by atoms with Crippen molar-refractivity contribution in [3.05, 3.63) is 0 Å². The highest BCUT2D eigenvalue weighted by Crippen LogP contribution is 2.79. The Morgan fingerprint density at radius 2 is 1.07 bits per heavy atom. The third-order valence-electron chi connectivity index (χ3n) is 6.40. The van der Waals surface area contributed by atoms with E-state index in [-0.39, 0.29) is 18.3 Å². The standard InChI is InChI=1S/C21H39O7Si2/c1-9-12-22-18(15(4)25-18)21(30(8)28-29-7,19(16(5)26-19)23-13-10-2)20(17(6)27-20)24-14-11-3/h15-17H,9-14H2,1-8H3. The number of ether oxygens (including phenoxy) is 6. The van der Waals surface area contributed by atoms with Crippen molar-refractivity contribution in [2.75, 3.05) is 19.8 Å². The largest absolute Gasteiger partial charge is 0.456 e. The van der Waals surface area contributed by atoms with Crippen LogP contribution in [0.1, 0.15) is 60.8 Å². The topological polar surface area (TPSA) is 74.5 Å². The summed E-state index contributed by atoms with van der Waals surface area (Å²) in [5, 5.41) is -0.849. The summed E-state index contributed by atoms with van der Waals surface area (Å²) in [6, 6.07) is 0. The summed E-state index contributed by atoms with van der Waals surface area (Å²) < 4.78 is 45.1. The number of epoxide rings is 3. The van der Waals surface area contributed by atoms with Gasteiger partial charge in [-0.25, -0.2) is 0 Å². The second-order valence-corrected chi connectivity index (χ2v) is 11.5. The quantitative estimate of drug-likeness (QED) is 0.273. The van der Waals surface area contributed by atoms with Gasteiger partial charge in [-0.1, -0.05) is 20.8 Å². The van der Waals surface area contributed by atoms with Gasteiger partial charge in [0, 0.05) is 19.8 Å². The summed E-state index contributed by atoms with van der Waals surface area (Å²) in [6.07, 6.45) is 2.25. The van der Waals surface area contributed by atoms with E-state index in [9.17, 15) is 0 Å². The van der Waals surface area contributed by atoms with Gasteiger partial charge in [-0.15, -0.1) is 0 Å². The van der Waals surface area contributed by atoms with Crippen LogP contribution < -0.4 is 0 Å². The molecule has 7 nitrogen and oxygen atoms in total. The Morgan fingerprint density at radius 3 is 1.27 bits per heavy atom. The molecule has 0 bridgehead atoms. The molecule has 0 amide bonds. The molecule has 3 aliphatic rings. The maximum atomic E-state index is 6.55. The molecule has 3 aliphatic heterocycles. The van der Waals surface area contributed by atoms with E-state index in [2.05, 4.69) is 48.1 Å². The lowest BCUT2D eigenvalue weighted by molar-refractivity contribution is -0.234. The van der Waals surface area contributed by atoms with Crippen molar-refractivity contribution >= 4 is 18.8 Å². The molecule has 3 saturated heterocycles. The smallest absolute Gasteiger partial charge is 0.220 e. The lowest BCUT2D eigenvalue weighted by Gasteiger charge is -2.49. The molecule has 3 rings (SSSR count).